The Balaban J connectivity index is 1.45. The summed E-state index contributed by atoms with van der Waals surface area (Å²) in [7, 11) is 0. The first-order valence-corrected chi connectivity index (χ1v) is 9.40. The topological polar surface area (TPSA) is 54.3 Å². The van der Waals surface area contributed by atoms with Gasteiger partial charge in [0.25, 0.3) is 11.8 Å². The Labute approximate surface area is 145 Å². The Morgan fingerprint density at radius 3 is 2.79 bits per heavy atom. The van der Waals surface area contributed by atoms with E-state index in [1.165, 1.54) is 24.2 Å². The average Bonchev–Trinajstić information content (AvgIpc) is 3.16. The fourth-order valence-electron chi connectivity index (χ4n) is 3.18. The molecule has 6 heteroatoms. The fourth-order valence-corrected chi connectivity index (χ4v) is 3.87. The van der Waals surface area contributed by atoms with Crippen LogP contribution in [0, 0.1) is 5.92 Å². The maximum Gasteiger partial charge on any atom is 0.267 e. The minimum atomic E-state index is 0.00573. The zero-order valence-corrected chi connectivity index (χ0v) is 14.3. The molecule has 4 rings (SSSR count). The first kappa shape index (κ1) is 15.4. The normalized spacial score (nSPS) is 17.2. The Kier molecular flexibility index (Phi) is 4.14. The molecule has 2 aliphatic rings. The highest BCUT2D eigenvalue weighted by Crippen LogP contribution is 2.27. The number of thiophene rings is 1. The number of amides is 2. The number of hydrogen-bond donors (Lipinski definition) is 1. The molecule has 2 aromatic rings. The number of fused-ring (bicyclic) bond motifs is 1. The summed E-state index contributed by atoms with van der Waals surface area (Å²) in [6.07, 6.45) is 3.24. The lowest BCUT2D eigenvalue weighted by molar-refractivity contribution is 0.0764. The average molecular weight is 343 g/mol. The molecule has 1 aliphatic heterocycles. The van der Waals surface area contributed by atoms with Crippen molar-refractivity contribution in [2.24, 2.45) is 5.92 Å². The Hall–Kier alpha value is -2.08. The van der Waals surface area contributed by atoms with Crippen molar-refractivity contribution in [1.82, 2.24) is 14.8 Å². The first-order valence-electron chi connectivity index (χ1n) is 8.52. The maximum atomic E-state index is 12.5. The van der Waals surface area contributed by atoms with Crippen molar-refractivity contribution in [3.8, 4) is 0 Å². The van der Waals surface area contributed by atoms with E-state index in [9.17, 15) is 9.59 Å². The van der Waals surface area contributed by atoms with Crippen LogP contribution < -0.4 is 5.32 Å². The van der Waals surface area contributed by atoms with Gasteiger partial charge in [-0.05, 0) is 42.3 Å². The van der Waals surface area contributed by atoms with Gasteiger partial charge in [-0.2, -0.15) is 0 Å². The van der Waals surface area contributed by atoms with E-state index in [-0.39, 0.29) is 11.8 Å². The quantitative estimate of drug-likeness (QED) is 0.927. The maximum absolute atomic E-state index is 12.5. The predicted molar refractivity (Wildman–Crippen MR) is 93.4 cm³/mol. The predicted octanol–water partition coefficient (Wildman–Crippen LogP) is 2.39. The second-order valence-corrected chi connectivity index (χ2v) is 7.48. The third-order valence-electron chi connectivity index (χ3n) is 4.80. The zero-order chi connectivity index (χ0) is 16.5. The van der Waals surface area contributed by atoms with E-state index in [0.717, 1.165) is 29.2 Å². The highest BCUT2D eigenvalue weighted by atomic mass is 32.1. The van der Waals surface area contributed by atoms with E-state index in [0.29, 0.717) is 25.6 Å². The monoisotopic (exact) mass is 343 g/mol. The van der Waals surface area contributed by atoms with Gasteiger partial charge in [0.15, 0.2) is 0 Å². The summed E-state index contributed by atoms with van der Waals surface area (Å²) in [6.45, 7) is 2.79. The van der Waals surface area contributed by atoms with Crippen LogP contribution >= 0.6 is 11.3 Å². The van der Waals surface area contributed by atoms with Gasteiger partial charge in [0.2, 0.25) is 0 Å². The van der Waals surface area contributed by atoms with E-state index in [4.69, 9.17) is 0 Å². The van der Waals surface area contributed by atoms with Crippen LogP contribution in [0.15, 0.2) is 29.6 Å². The summed E-state index contributed by atoms with van der Waals surface area (Å²) in [5, 5.41) is 4.96. The van der Waals surface area contributed by atoms with Crippen molar-refractivity contribution < 1.29 is 9.59 Å². The van der Waals surface area contributed by atoms with Crippen LogP contribution in [0.2, 0.25) is 0 Å². The van der Waals surface area contributed by atoms with Crippen LogP contribution in [0.4, 0.5) is 0 Å². The van der Waals surface area contributed by atoms with Gasteiger partial charge >= 0.3 is 0 Å². The van der Waals surface area contributed by atoms with Crippen LogP contribution in [-0.2, 0) is 13.0 Å². The molecule has 1 N–H and O–H groups in total. The molecule has 126 valence electrons. The van der Waals surface area contributed by atoms with E-state index < -0.39 is 0 Å². The van der Waals surface area contributed by atoms with Gasteiger partial charge in [-0.15, -0.1) is 11.3 Å². The van der Waals surface area contributed by atoms with E-state index >= 15 is 0 Å². The SMILES string of the molecule is O=C(NCC1CC1)c1ccc2n1CCN(C(=O)c1cccs1)CC2. The van der Waals surface area contributed by atoms with Gasteiger partial charge in [0, 0.05) is 38.3 Å². The third-order valence-corrected chi connectivity index (χ3v) is 5.66. The Bertz CT molecular complexity index is 746. The highest BCUT2D eigenvalue weighted by Gasteiger charge is 2.25. The minimum absolute atomic E-state index is 0.00573. The number of rotatable bonds is 4. The summed E-state index contributed by atoms with van der Waals surface area (Å²) in [5.41, 5.74) is 1.85. The van der Waals surface area contributed by atoms with Gasteiger partial charge in [-0.3, -0.25) is 9.59 Å². The van der Waals surface area contributed by atoms with Crippen molar-refractivity contribution in [1.29, 1.82) is 0 Å². The van der Waals surface area contributed by atoms with Gasteiger partial charge < -0.3 is 14.8 Å². The van der Waals surface area contributed by atoms with Crippen LogP contribution in [0.5, 0.6) is 0 Å². The minimum Gasteiger partial charge on any atom is -0.350 e. The number of aromatic nitrogens is 1. The van der Waals surface area contributed by atoms with Crippen molar-refractivity contribution in [3.05, 3.63) is 45.9 Å². The summed E-state index contributed by atoms with van der Waals surface area (Å²) in [5.74, 6) is 0.771. The number of carbonyl (C=O) groups is 2. The number of hydrogen-bond acceptors (Lipinski definition) is 3. The Morgan fingerprint density at radius 2 is 2.04 bits per heavy atom. The van der Waals surface area contributed by atoms with Crippen LogP contribution in [0.3, 0.4) is 0 Å². The van der Waals surface area contributed by atoms with E-state index in [1.807, 2.05) is 34.5 Å². The van der Waals surface area contributed by atoms with Crippen molar-refractivity contribution in [2.75, 3.05) is 19.6 Å². The molecule has 0 saturated heterocycles. The summed E-state index contributed by atoms with van der Waals surface area (Å²) in [6, 6.07) is 7.70. The van der Waals surface area contributed by atoms with Crippen LogP contribution in [-0.4, -0.2) is 40.9 Å². The molecule has 1 saturated carbocycles. The molecule has 0 unspecified atom stereocenters. The van der Waals surface area contributed by atoms with Gasteiger partial charge in [0.1, 0.15) is 5.69 Å². The molecule has 1 fully saturated rings. The lowest BCUT2D eigenvalue weighted by Crippen LogP contribution is -2.33. The third kappa shape index (κ3) is 3.11. The van der Waals surface area contributed by atoms with E-state index in [1.54, 1.807) is 0 Å². The summed E-state index contributed by atoms with van der Waals surface area (Å²) in [4.78, 5) is 27.6. The zero-order valence-electron chi connectivity index (χ0n) is 13.5. The molecule has 0 spiro atoms. The Morgan fingerprint density at radius 1 is 1.17 bits per heavy atom. The summed E-state index contributed by atoms with van der Waals surface area (Å²) < 4.78 is 2.07. The van der Waals surface area contributed by atoms with Gasteiger partial charge in [-0.1, -0.05) is 6.07 Å². The van der Waals surface area contributed by atoms with Gasteiger partial charge in [0.05, 0.1) is 4.88 Å². The molecular formula is C18H21N3O2S. The van der Waals surface area contributed by atoms with Crippen LogP contribution in [0.25, 0.3) is 0 Å². The molecule has 0 radical (unpaired) electrons. The van der Waals surface area contributed by atoms with Crippen molar-refractivity contribution >= 4 is 23.2 Å². The van der Waals surface area contributed by atoms with Gasteiger partial charge in [-0.25, -0.2) is 0 Å². The molecule has 0 aromatic carbocycles. The molecule has 2 amide bonds. The summed E-state index contributed by atoms with van der Waals surface area (Å²) >= 11 is 1.48. The smallest absolute Gasteiger partial charge is 0.267 e. The molecular weight excluding hydrogens is 322 g/mol. The lowest BCUT2D eigenvalue weighted by Gasteiger charge is -2.19. The lowest BCUT2D eigenvalue weighted by atomic mass is 10.3. The standard InChI is InChI=1S/C18H21N3O2S/c22-17(19-12-13-3-4-13)15-6-5-14-7-8-20(9-10-21(14)15)18(23)16-2-1-11-24-16/h1-2,5-6,11,13H,3-4,7-10,12H2,(H,19,22). The van der Waals surface area contributed by atoms with E-state index in [2.05, 4.69) is 9.88 Å². The first-order chi connectivity index (χ1) is 11.7. The highest BCUT2D eigenvalue weighted by molar-refractivity contribution is 7.12. The molecule has 3 heterocycles. The molecule has 1 aliphatic carbocycles. The second-order valence-electron chi connectivity index (χ2n) is 6.53. The molecule has 2 aromatic heterocycles. The number of nitrogens with one attached hydrogen (secondary N) is 1. The second kappa shape index (κ2) is 6.43. The molecule has 0 atom stereocenters. The largest absolute Gasteiger partial charge is 0.350 e. The van der Waals surface area contributed by atoms with Crippen LogP contribution in [0.1, 0.15) is 38.7 Å². The van der Waals surface area contributed by atoms with Crippen molar-refractivity contribution in [3.63, 3.8) is 0 Å². The number of carbonyl (C=O) groups excluding carboxylic acids is 2. The molecule has 0 bridgehead atoms. The molecule has 5 nitrogen and oxygen atoms in total. The fraction of sp³-hybridized carbons (Fsp3) is 0.444. The molecule has 24 heavy (non-hydrogen) atoms. The number of nitrogens with zero attached hydrogens (tertiary/aromatic N) is 2. The van der Waals surface area contributed by atoms with Crippen molar-refractivity contribution in [2.45, 2.75) is 25.8 Å².